The SMILES string of the molecule is Cc1ccc(Cl)cc1NS(=O)(=O)c1ccc(NC(=O)CSCc2c(F)cccc2Cl)cc1. The normalized spacial score (nSPS) is 11.2. The summed E-state index contributed by atoms with van der Waals surface area (Å²) in [5, 5.41) is 3.42. The molecule has 2 N–H and O–H groups in total. The molecule has 0 aromatic heterocycles. The summed E-state index contributed by atoms with van der Waals surface area (Å²) in [5.41, 5.74) is 1.92. The molecule has 0 saturated carbocycles. The quantitative estimate of drug-likeness (QED) is 0.381. The lowest BCUT2D eigenvalue weighted by Gasteiger charge is -2.12. The van der Waals surface area contributed by atoms with Gasteiger partial charge in [0.1, 0.15) is 5.82 Å². The lowest BCUT2D eigenvalue weighted by atomic mass is 10.2. The maximum absolute atomic E-state index is 13.8. The van der Waals surface area contributed by atoms with Crippen molar-refractivity contribution in [1.29, 1.82) is 0 Å². The maximum atomic E-state index is 13.8. The number of halogens is 3. The van der Waals surface area contributed by atoms with Crippen LogP contribution in [0.4, 0.5) is 15.8 Å². The number of sulfonamides is 1. The van der Waals surface area contributed by atoms with Gasteiger partial charge in [0.15, 0.2) is 0 Å². The molecule has 10 heteroatoms. The second-order valence-corrected chi connectivity index (χ2v) is 10.3. The first-order valence-electron chi connectivity index (χ1n) is 9.35. The highest BCUT2D eigenvalue weighted by molar-refractivity contribution is 7.99. The molecular formula is C22H19Cl2FN2O3S2. The highest BCUT2D eigenvalue weighted by Crippen LogP contribution is 2.25. The molecule has 32 heavy (non-hydrogen) atoms. The van der Waals surface area contributed by atoms with Gasteiger partial charge < -0.3 is 5.32 Å². The molecule has 3 aromatic rings. The van der Waals surface area contributed by atoms with E-state index in [1.165, 1.54) is 54.2 Å². The van der Waals surface area contributed by atoms with E-state index in [0.29, 0.717) is 27.0 Å². The second kappa shape index (κ2) is 10.6. The summed E-state index contributed by atoms with van der Waals surface area (Å²) in [6.45, 7) is 1.77. The molecule has 3 aromatic carbocycles. The van der Waals surface area contributed by atoms with Crippen LogP contribution in [0.15, 0.2) is 65.6 Å². The first-order chi connectivity index (χ1) is 15.2. The molecule has 1 amide bonds. The van der Waals surface area contributed by atoms with Crippen LogP contribution in [0.3, 0.4) is 0 Å². The number of aryl methyl sites for hydroxylation is 1. The monoisotopic (exact) mass is 512 g/mol. The Morgan fingerprint density at radius 1 is 1.06 bits per heavy atom. The van der Waals surface area contributed by atoms with Gasteiger partial charge in [0.05, 0.1) is 16.3 Å². The molecule has 0 spiro atoms. The third-order valence-corrected chi connectivity index (χ3v) is 7.36. The topological polar surface area (TPSA) is 75.3 Å². The Bertz CT molecular complexity index is 1220. The number of anilines is 2. The smallest absolute Gasteiger partial charge is 0.261 e. The number of benzene rings is 3. The van der Waals surface area contributed by atoms with E-state index in [2.05, 4.69) is 10.0 Å². The summed E-state index contributed by atoms with van der Waals surface area (Å²) in [6.07, 6.45) is 0. The highest BCUT2D eigenvalue weighted by atomic mass is 35.5. The molecule has 0 atom stereocenters. The van der Waals surface area contributed by atoms with Crippen molar-refractivity contribution in [3.8, 4) is 0 Å². The van der Waals surface area contributed by atoms with E-state index in [4.69, 9.17) is 23.2 Å². The summed E-state index contributed by atoms with van der Waals surface area (Å²) >= 11 is 13.1. The Kier molecular flexibility index (Phi) is 8.05. The van der Waals surface area contributed by atoms with Gasteiger partial charge in [-0.2, -0.15) is 0 Å². The molecular weight excluding hydrogens is 494 g/mol. The van der Waals surface area contributed by atoms with Crippen LogP contribution in [0.1, 0.15) is 11.1 Å². The molecule has 0 unspecified atom stereocenters. The second-order valence-electron chi connectivity index (χ2n) is 6.83. The van der Waals surface area contributed by atoms with E-state index in [-0.39, 0.29) is 22.3 Å². The molecule has 5 nitrogen and oxygen atoms in total. The molecule has 0 fully saturated rings. The van der Waals surface area contributed by atoms with Crippen LogP contribution in [0.2, 0.25) is 10.0 Å². The van der Waals surface area contributed by atoms with Gasteiger partial charge in [-0.15, -0.1) is 11.8 Å². The zero-order valence-electron chi connectivity index (χ0n) is 16.9. The van der Waals surface area contributed by atoms with Crippen molar-refractivity contribution in [1.82, 2.24) is 0 Å². The predicted octanol–water partition coefficient (Wildman–Crippen LogP) is 6.11. The molecule has 168 valence electrons. The number of thioether (sulfide) groups is 1. The van der Waals surface area contributed by atoms with Gasteiger partial charge >= 0.3 is 0 Å². The Morgan fingerprint density at radius 2 is 1.78 bits per heavy atom. The van der Waals surface area contributed by atoms with Gasteiger partial charge in [0, 0.05) is 27.0 Å². The molecule has 0 saturated heterocycles. The van der Waals surface area contributed by atoms with E-state index >= 15 is 0 Å². The minimum atomic E-state index is -3.82. The lowest BCUT2D eigenvalue weighted by molar-refractivity contribution is -0.113. The van der Waals surface area contributed by atoms with Crippen molar-refractivity contribution in [3.63, 3.8) is 0 Å². The molecule has 0 aliphatic rings. The van der Waals surface area contributed by atoms with Crippen molar-refractivity contribution in [3.05, 3.63) is 87.7 Å². The summed E-state index contributed by atoms with van der Waals surface area (Å²) in [6, 6.07) is 15.1. The molecule has 0 aliphatic heterocycles. The minimum Gasteiger partial charge on any atom is -0.325 e. The van der Waals surface area contributed by atoms with Gasteiger partial charge in [-0.1, -0.05) is 35.3 Å². The molecule has 0 heterocycles. The number of rotatable bonds is 8. The summed E-state index contributed by atoms with van der Waals surface area (Å²) in [4.78, 5) is 12.2. The number of nitrogens with one attached hydrogen (secondary N) is 2. The van der Waals surface area contributed by atoms with Crippen molar-refractivity contribution in [2.45, 2.75) is 17.6 Å². The van der Waals surface area contributed by atoms with Crippen LogP contribution >= 0.6 is 35.0 Å². The average Bonchev–Trinajstić information content (AvgIpc) is 2.73. The summed E-state index contributed by atoms with van der Waals surface area (Å²) < 4.78 is 41.6. The van der Waals surface area contributed by atoms with Crippen LogP contribution in [0, 0.1) is 12.7 Å². The van der Waals surface area contributed by atoms with Crippen LogP contribution in [-0.2, 0) is 20.6 Å². The summed E-state index contributed by atoms with van der Waals surface area (Å²) in [7, 11) is -3.82. The molecule has 0 radical (unpaired) electrons. The van der Waals surface area contributed by atoms with E-state index < -0.39 is 15.8 Å². The van der Waals surface area contributed by atoms with Crippen LogP contribution < -0.4 is 10.0 Å². The first-order valence-corrected chi connectivity index (χ1v) is 12.7. The number of carbonyl (C=O) groups excluding carboxylic acids is 1. The Hall–Kier alpha value is -2.26. The largest absolute Gasteiger partial charge is 0.325 e. The Balaban J connectivity index is 1.58. The van der Waals surface area contributed by atoms with Gasteiger partial charge in [-0.25, -0.2) is 12.8 Å². The predicted molar refractivity (Wildman–Crippen MR) is 130 cm³/mol. The lowest BCUT2D eigenvalue weighted by Crippen LogP contribution is -2.15. The fourth-order valence-electron chi connectivity index (χ4n) is 2.74. The van der Waals surface area contributed by atoms with Crippen molar-refractivity contribution in [2.75, 3.05) is 15.8 Å². The first kappa shape index (κ1) is 24.4. The number of hydrogen-bond donors (Lipinski definition) is 2. The number of carbonyl (C=O) groups is 1. The molecule has 0 aliphatic carbocycles. The zero-order valence-corrected chi connectivity index (χ0v) is 20.0. The third kappa shape index (κ3) is 6.38. The zero-order chi connectivity index (χ0) is 23.3. The van der Waals surface area contributed by atoms with Crippen LogP contribution in [0.25, 0.3) is 0 Å². The van der Waals surface area contributed by atoms with Crippen molar-refractivity contribution in [2.24, 2.45) is 0 Å². The fraction of sp³-hybridized carbons (Fsp3) is 0.136. The van der Waals surface area contributed by atoms with Crippen molar-refractivity contribution >= 4 is 62.3 Å². The van der Waals surface area contributed by atoms with E-state index in [9.17, 15) is 17.6 Å². The van der Waals surface area contributed by atoms with Gasteiger partial charge in [0.2, 0.25) is 5.91 Å². The average molecular weight is 513 g/mol. The number of amides is 1. The van der Waals surface area contributed by atoms with E-state index in [0.717, 1.165) is 5.56 Å². The standard InChI is InChI=1S/C22H19Cl2FN2O3S2/c1-14-5-6-15(23)11-21(14)27-32(29,30)17-9-7-16(8-10-17)26-22(28)13-31-12-18-19(24)3-2-4-20(18)25/h2-11,27H,12-13H2,1H3,(H,26,28). The fourth-order valence-corrected chi connectivity index (χ4v) is 5.20. The minimum absolute atomic E-state index is 0.0402. The van der Waals surface area contributed by atoms with Gasteiger partial charge in [-0.05, 0) is 61.0 Å². The maximum Gasteiger partial charge on any atom is 0.261 e. The van der Waals surface area contributed by atoms with E-state index in [1.807, 2.05) is 0 Å². The summed E-state index contributed by atoms with van der Waals surface area (Å²) in [5.74, 6) is -0.375. The van der Waals surface area contributed by atoms with Crippen molar-refractivity contribution < 1.29 is 17.6 Å². The van der Waals surface area contributed by atoms with Gasteiger partial charge in [0.25, 0.3) is 10.0 Å². The van der Waals surface area contributed by atoms with Gasteiger partial charge in [-0.3, -0.25) is 9.52 Å². The van der Waals surface area contributed by atoms with Crippen LogP contribution in [0.5, 0.6) is 0 Å². The molecule has 3 rings (SSSR count). The highest BCUT2D eigenvalue weighted by Gasteiger charge is 2.16. The Labute approximate surface area is 200 Å². The van der Waals surface area contributed by atoms with E-state index in [1.54, 1.807) is 25.1 Å². The Morgan fingerprint density at radius 3 is 2.47 bits per heavy atom. The number of hydrogen-bond acceptors (Lipinski definition) is 4. The third-order valence-electron chi connectivity index (χ3n) is 4.43. The molecule has 0 bridgehead atoms. The van der Waals surface area contributed by atoms with Crippen LogP contribution in [-0.4, -0.2) is 20.1 Å².